The molecule has 0 aromatic heterocycles. The number of anilines is 1. The normalized spacial score (nSPS) is 9.67. The fourth-order valence-electron chi connectivity index (χ4n) is 1.07. The van der Waals surface area contributed by atoms with Crippen molar-refractivity contribution in [3.63, 3.8) is 0 Å². The zero-order chi connectivity index (χ0) is 8.81. The summed E-state index contributed by atoms with van der Waals surface area (Å²) in [6.45, 7) is 0. The maximum absolute atomic E-state index is 10.0. The molecule has 0 aliphatic heterocycles. The fraction of sp³-hybridized carbons (Fsp3) is 0.300. The molecular formula is C10H13NO. The van der Waals surface area contributed by atoms with Gasteiger partial charge in [-0.3, -0.25) is 0 Å². The van der Waals surface area contributed by atoms with E-state index in [0.717, 1.165) is 24.8 Å². The van der Waals surface area contributed by atoms with Crippen LogP contribution < -0.4 is 5.73 Å². The molecule has 0 fully saturated rings. The minimum Gasteiger partial charge on any atom is -0.399 e. The highest BCUT2D eigenvalue weighted by Gasteiger charge is 1.91. The Morgan fingerprint density at radius 3 is 2.50 bits per heavy atom. The van der Waals surface area contributed by atoms with E-state index in [2.05, 4.69) is 0 Å². The number of rotatable bonds is 4. The predicted octanol–water partition coefficient (Wildman–Crippen LogP) is 1.79. The van der Waals surface area contributed by atoms with Crippen molar-refractivity contribution in [1.29, 1.82) is 0 Å². The lowest BCUT2D eigenvalue weighted by atomic mass is 10.1. The minimum atomic E-state index is 0.643. The molecule has 0 radical (unpaired) electrons. The lowest BCUT2D eigenvalue weighted by Gasteiger charge is -1.98. The van der Waals surface area contributed by atoms with Crippen LogP contribution in [0.3, 0.4) is 0 Å². The van der Waals surface area contributed by atoms with E-state index >= 15 is 0 Å². The summed E-state index contributed by atoms with van der Waals surface area (Å²) in [5.41, 5.74) is 7.55. The van der Waals surface area contributed by atoms with Gasteiger partial charge >= 0.3 is 0 Å². The molecule has 2 nitrogen and oxygen atoms in total. The lowest BCUT2D eigenvalue weighted by Crippen LogP contribution is -1.88. The van der Waals surface area contributed by atoms with Crippen LogP contribution >= 0.6 is 0 Å². The first-order chi connectivity index (χ1) is 5.83. The molecule has 2 N–H and O–H groups in total. The summed E-state index contributed by atoms with van der Waals surface area (Å²) in [5.74, 6) is 0. The molecule has 0 spiro atoms. The number of hydrogen-bond acceptors (Lipinski definition) is 2. The second-order valence-electron chi connectivity index (χ2n) is 2.80. The van der Waals surface area contributed by atoms with Crippen LogP contribution in [-0.4, -0.2) is 6.29 Å². The molecule has 0 heterocycles. The highest BCUT2D eigenvalue weighted by molar-refractivity contribution is 5.49. The van der Waals surface area contributed by atoms with Gasteiger partial charge in [0.15, 0.2) is 0 Å². The first-order valence-electron chi connectivity index (χ1n) is 4.11. The SMILES string of the molecule is Nc1ccc(CCCC=O)cc1. The number of carbonyl (C=O) groups is 1. The van der Waals surface area contributed by atoms with E-state index in [1.807, 2.05) is 24.3 Å². The zero-order valence-electron chi connectivity index (χ0n) is 6.99. The van der Waals surface area contributed by atoms with Gasteiger partial charge in [-0.15, -0.1) is 0 Å². The van der Waals surface area contributed by atoms with E-state index in [1.54, 1.807) is 0 Å². The van der Waals surface area contributed by atoms with Gasteiger partial charge in [-0.05, 0) is 30.5 Å². The molecule has 0 aliphatic carbocycles. The highest BCUT2D eigenvalue weighted by Crippen LogP contribution is 2.07. The monoisotopic (exact) mass is 163 g/mol. The Labute approximate surface area is 72.4 Å². The third-order valence-electron chi connectivity index (χ3n) is 1.77. The summed E-state index contributed by atoms with van der Waals surface area (Å²) >= 11 is 0. The number of unbranched alkanes of at least 4 members (excludes halogenated alkanes) is 1. The lowest BCUT2D eigenvalue weighted by molar-refractivity contribution is -0.107. The Morgan fingerprint density at radius 2 is 1.92 bits per heavy atom. The molecular weight excluding hydrogens is 150 g/mol. The molecule has 0 unspecified atom stereocenters. The molecule has 0 aliphatic rings. The van der Waals surface area contributed by atoms with Gasteiger partial charge in [0.1, 0.15) is 6.29 Å². The molecule has 0 bridgehead atoms. The van der Waals surface area contributed by atoms with Crippen molar-refractivity contribution < 1.29 is 4.79 Å². The Balaban J connectivity index is 2.42. The third-order valence-corrected chi connectivity index (χ3v) is 1.77. The predicted molar refractivity (Wildman–Crippen MR) is 49.9 cm³/mol. The van der Waals surface area contributed by atoms with Crippen molar-refractivity contribution in [2.24, 2.45) is 0 Å². The van der Waals surface area contributed by atoms with Crippen LogP contribution in [0.15, 0.2) is 24.3 Å². The van der Waals surface area contributed by atoms with Crippen molar-refractivity contribution in [2.75, 3.05) is 5.73 Å². The molecule has 2 heteroatoms. The van der Waals surface area contributed by atoms with E-state index < -0.39 is 0 Å². The molecule has 1 rings (SSSR count). The van der Waals surface area contributed by atoms with Gasteiger partial charge < -0.3 is 10.5 Å². The maximum Gasteiger partial charge on any atom is 0.120 e. The van der Waals surface area contributed by atoms with Gasteiger partial charge in [0.05, 0.1) is 0 Å². The smallest absolute Gasteiger partial charge is 0.120 e. The van der Waals surface area contributed by atoms with Crippen LogP contribution in [0.25, 0.3) is 0 Å². The first kappa shape index (κ1) is 8.78. The van der Waals surface area contributed by atoms with Crippen molar-refractivity contribution in [1.82, 2.24) is 0 Å². The second kappa shape index (κ2) is 4.54. The summed E-state index contributed by atoms with van der Waals surface area (Å²) in [5, 5.41) is 0. The van der Waals surface area contributed by atoms with Crippen LogP contribution in [0.4, 0.5) is 5.69 Å². The van der Waals surface area contributed by atoms with Gasteiger partial charge in [0.2, 0.25) is 0 Å². The molecule has 12 heavy (non-hydrogen) atoms. The van der Waals surface area contributed by atoms with Crippen molar-refractivity contribution in [3.8, 4) is 0 Å². The fourth-order valence-corrected chi connectivity index (χ4v) is 1.07. The number of carbonyl (C=O) groups excluding carboxylic acids is 1. The molecule has 0 atom stereocenters. The topological polar surface area (TPSA) is 43.1 Å². The molecule has 1 aromatic rings. The number of aldehydes is 1. The molecule has 0 amide bonds. The number of nitrogens with two attached hydrogens (primary N) is 1. The highest BCUT2D eigenvalue weighted by atomic mass is 16.1. The summed E-state index contributed by atoms with van der Waals surface area (Å²) in [4.78, 5) is 10.0. The average molecular weight is 163 g/mol. The standard InChI is InChI=1S/C10H13NO/c11-10-6-4-9(5-7-10)3-1-2-8-12/h4-8H,1-3,11H2. The van der Waals surface area contributed by atoms with Crippen LogP contribution in [0, 0.1) is 0 Å². The third kappa shape index (κ3) is 2.74. The van der Waals surface area contributed by atoms with Gasteiger partial charge in [-0.1, -0.05) is 12.1 Å². The quantitative estimate of drug-likeness (QED) is 0.418. The van der Waals surface area contributed by atoms with E-state index in [1.165, 1.54) is 5.56 Å². The van der Waals surface area contributed by atoms with Gasteiger partial charge in [0.25, 0.3) is 0 Å². The Bertz CT molecular complexity index is 241. The molecule has 64 valence electrons. The largest absolute Gasteiger partial charge is 0.399 e. The maximum atomic E-state index is 10.0. The number of benzene rings is 1. The Kier molecular flexibility index (Phi) is 3.33. The van der Waals surface area contributed by atoms with Crippen LogP contribution in [-0.2, 0) is 11.2 Å². The van der Waals surface area contributed by atoms with Crippen LogP contribution in [0.1, 0.15) is 18.4 Å². The van der Waals surface area contributed by atoms with Gasteiger partial charge in [-0.25, -0.2) is 0 Å². The van der Waals surface area contributed by atoms with Gasteiger partial charge in [-0.2, -0.15) is 0 Å². The van der Waals surface area contributed by atoms with Crippen molar-refractivity contribution >= 4 is 12.0 Å². The van der Waals surface area contributed by atoms with Crippen molar-refractivity contribution in [3.05, 3.63) is 29.8 Å². The Morgan fingerprint density at radius 1 is 1.25 bits per heavy atom. The van der Waals surface area contributed by atoms with E-state index in [-0.39, 0.29) is 0 Å². The summed E-state index contributed by atoms with van der Waals surface area (Å²) in [6, 6.07) is 7.77. The summed E-state index contributed by atoms with van der Waals surface area (Å²) in [6.07, 6.45) is 3.48. The van der Waals surface area contributed by atoms with Gasteiger partial charge in [0, 0.05) is 12.1 Å². The molecule has 0 saturated carbocycles. The summed E-state index contributed by atoms with van der Waals surface area (Å²) in [7, 11) is 0. The molecule has 0 saturated heterocycles. The van der Waals surface area contributed by atoms with E-state index in [4.69, 9.17) is 5.73 Å². The first-order valence-corrected chi connectivity index (χ1v) is 4.11. The van der Waals surface area contributed by atoms with E-state index in [0.29, 0.717) is 6.42 Å². The van der Waals surface area contributed by atoms with Crippen molar-refractivity contribution in [2.45, 2.75) is 19.3 Å². The molecule has 1 aromatic carbocycles. The number of hydrogen-bond donors (Lipinski definition) is 1. The van der Waals surface area contributed by atoms with Crippen LogP contribution in [0.2, 0.25) is 0 Å². The van der Waals surface area contributed by atoms with E-state index in [9.17, 15) is 4.79 Å². The Hall–Kier alpha value is -1.31. The summed E-state index contributed by atoms with van der Waals surface area (Å²) < 4.78 is 0. The minimum absolute atomic E-state index is 0.643. The zero-order valence-corrected chi connectivity index (χ0v) is 6.99. The second-order valence-corrected chi connectivity index (χ2v) is 2.80. The number of aryl methyl sites for hydroxylation is 1. The van der Waals surface area contributed by atoms with Crippen LogP contribution in [0.5, 0.6) is 0 Å². The number of nitrogen functional groups attached to an aromatic ring is 1. The average Bonchev–Trinajstić information content (AvgIpc) is 2.09.